The first-order valence-electron chi connectivity index (χ1n) is 6.64. The van der Waals surface area contributed by atoms with E-state index in [0.717, 1.165) is 17.0 Å². The first-order chi connectivity index (χ1) is 9.83. The molecule has 0 radical (unpaired) electrons. The summed E-state index contributed by atoms with van der Waals surface area (Å²) in [4.78, 5) is 12.1. The molecule has 0 fully saturated rings. The van der Waals surface area contributed by atoms with Crippen LogP contribution in [-0.2, 0) is 11.3 Å². The highest BCUT2D eigenvalue weighted by molar-refractivity contribution is 5.83. The highest BCUT2D eigenvalue weighted by Crippen LogP contribution is 2.28. The van der Waals surface area contributed by atoms with E-state index < -0.39 is 6.10 Å². The topological polar surface area (TPSA) is 50.4 Å². The fourth-order valence-electron chi connectivity index (χ4n) is 2.16. The van der Waals surface area contributed by atoms with E-state index in [1.54, 1.807) is 0 Å². The Labute approximate surface area is 117 Å². The van der Waals surface area contributed by atoms with E-state index in [9.17, 15) is 4.79 Å². The standard InChI is InChI=1S/C16H16N2O2/c19-16(18-10-12-6-2-1-3-7-12)15-11-17-13-8-4-5-9-14(13)20-15/h1-9,15,17H,10-11H2,(H,18,19). The highest BCUT2D eigenvalue weighted by Gasteiger charge is 2.25. The molecule has 102 valence electrons. The van der Waals surface area contributed by atoms with Crippen LogP contribution in [-0.4, -0.2) is 18.6 Å². The van der Waals surface area contributed by atoms with Gasteiger partial charge in [0.1, 0.15) is 5.75 Å². The third-order valence-corrected chi connectivity index (χ3v) is 3.24. The zero-order valence-corrected chi connectivity index (χ0v) is 11.0. The summed E-state index contributed by atoms with van der Waals surface area (Å²) in [5.74, 6) is 0.620. The molecular formula is C16H16N2O2. The fourth-order valence-corrected chi connectivity index (χ4v) is 2.16. The van der Waals surface area contributed by atoms with Crippen molar-refractivity contribution >= 4 is 11.6 Å². The molecule has 1 aliphatic heterocycles. The third-order valence-electron chi connectivity index (χ3n) is 3.24. The van der Waals surface area contributed by atoms with Gasteiger partial charge < -0.3 is 15.4 Å². The first kappa shape index (κ1) is 12.5. The Balaban J connectivity index is 1.59. The maximum absolute atomic E-state index is 12.1. The molecule has 1 atom stereocenters. The van der Waals surface area contributed by atoms with Gasteiger partial charge in [0.15, 0.2) is 6.10 Å². The van der Waals surface area contributed by atoms with Gasteiger partial charge in [-0.1, -0.05) is 42.5 Å². The van der Waals surface area contributed by atoms with Gasteiger partial charge in [-0.25, -0.2) is 0 Å². The number of nitrogens with one attached hydrogen (secondary N) is 2. The number of rotatable bonds is 3. The van der Waals surface area contributed by atoms with E-state index in [-0.39, 0.29) is 5.91 Å². The second-order valence-corrected chi connectivity index (χ2v) is 4.69. The monoisotopic (exact) mass is 268 g/mol. The van der Waals surface area contributed by atoms with Crippen molar-refractivity contribution in [1.29, 1.82) is 0 Å². The normalized spacial score (nSPS) is 16.5. The molecule has 1 heterocycles. The minimum absolute atomic E-state index is 0.101. The molecule has 4 heteroatoms. The van der Waals surface area contributed by atoms with Gasteiger partial charge in [-0.05, 0) is 17.7 Å². The minimum atomic E-state index is -0.492. The van der Waals surface area contributed by atoms with Crippen LogP contribution in [0.3, 0.4) is 0 Å². The van der Waals surface area contributed by atoms with Crippen molar-refractivity contribution in [2.24, 2.45) is 0 Å². The summed E-state index contributed by atoms with van der Waals surface area (Å²) >= 11 is 0. The number of benzene rings is 2. The summed E-state index contributed by atoms with van der Waals surface area (Å²) in [6.07, 6.45) is -0.492. The summed E-state index contributed by atoms with van der Waals surface area (Å²) < 4.78 is 5.71. The summed E-state index contributed by atoms with van der Waals surface area (Å²) in [6.45, 7) is 0.999. The van der Waals surface area contributed by atoms with Crippen molar-refractivity contribution in [2.75, 3.05) is 11.9 Å². The molecule has 2 aromatic carbocycles. The maximum Gasteiger partial charge on any atom is 0.263 e. The van der Waals surface area contributed by atoms with E-state index in [1.165, 1.54) is 0 Å². The molecule has 0 saturated carbocycles. The molecule has 1 unspecified atom stereocenters. The van der Waals surface area contributed by atoms with Gasteiger partial charge in [0, 0.05) is 6.54 Å². The summed E-state index contributed by atoms with van der Waals surface area (Å²) in [5, 5.41) is 6.10. The summed E-state index contributed by atoms with van der Waals surface area (Å²) in [7, 11) is 0. The number of hydrogen-bond acceptors (Lipinski definition) is 3. The number of fused-ring (bicyclic) bond motifs is 1. The predicted octanol–water partition coefficient (Wildman–Crippen LogP) is 2.18. The average molecular weight is 268 g/mol. The number of para-hydroxylation sites is 2. The Morgan fingerprint density at radius 1 is 1.15 bits per heavy atom. The molecule has 0 spiro atoms. The lowest BCUT2D eigenvalue weighted by Gasteiger charge is -2.26. The van der Waals surface area contributed by atoms with Crippen LogP contribution >= 0.6 is 0 Å². The van der Waals surface area contributed by atoms with Crippen LogP contribution in [0.2, 0.25) is 0 Å². The van der Waals surface area contributed by atoms with Gasteiger partial charge >= 0.3 is 0 Å². The Hall–Kier alpha value is -2.49. The Kier molecular flexibility index (Phi) is 3.54. The number of amides is 1. The Morgan fingerprint density at radius 3 is 2.75 bits per heavy atom. The maximum atomic E-state index is 12.1. The summed E-state index contributed by atoms with van der Waals surface area (Å²) in [6, 6.07) is 17.5. The van der Waals surface area contributed by atoms with Crippen molar-refractivity contribution in [3.8, 4) is 5.75 Å². The van der Waals surface area contributed by atoms with E-state index in [1.807, 2.05) is 54.6 Å². The number of anilines is 1. The lowest BCUT2D eigenvalue weighted by atomic mass is 10.2. The van der Waals surface area contributed by atoms with Crippen LogP contribution in [0.15, 0.2) is 54.6 Å². The van der Waals surface area contributed by atoms with Crippen molar-refractivity contribution in [2.45, 2.75) is 12.6 Å². The highest BCUT2D eigenvalue weighted by atomic mass is 16.5. The molecule has 3 rings (SSSR count). The molecule has 0 aliphatic carbocycles. The third kappa shape index (κ3) is 2.74. The zero-order chi connectivity index (χ0) is 13.8. The second-order valence-electron chi connectivity index (χ2n) is 4.69. The number of ether oxygens (including phenoxy) is 1. The van der Waals surface area contributed by atoms with Crippen LogP contribution in [0.4, 0.5) is 5.69 Å². The minimum Gasteiger partial charge on any atom is -0.477 e. The molecule has 1 amide bonds. The number of carbonyl (C=O) groups excluding carboxylic acids is 1. The second kappa shape index (κ2) is 5.65. The van der Waals surface area contributed by atoms with Gasteiger partial charge in [-0.2, -0.15) is 0 Å². The fraction of sp³-hybridized carbons (Fsp3) is 0.188. The van der Waals surface area contributed by atoms with Crippen molar-refractivity contribution in [1.82, 2.24) is 5.32 Å². The van der Waals surface area contributed by atoms with Crippen LogP contribution in [0.25, 0.3) is 0 Å². The Morgan fingerprint density at radius 2 is 1.90 bits per heavy atom. The molecule has 4 nitrogen and oxygen atoms in total. The van der Waals surface area contributed by atoms with Crippen LogP contribution in [0.5, 0.6) is 5.75 Å². The van der Waals surface area contributed by atoms with Crippen LogP contribution in [0.1, 0.15) is 5.56 Å². The molecule has 0 aromatic heterocycles. The van der Waals surface area contributed by atoms with Gasteiger partial charge in [-0.15, -0.1) is 0 Å². The van der Waals surface area contributed by atoms with Gasteiger partial charge in [-0.3, -0.25) is 4.79 Å². The van der Waals surface area contributed by atoms with Crippen molar-refractivity contribution in [3.05, 3.63) is 60.2 Å². The number of carbonyl (C=O) groups is 1. The lowest BCUT2D eigenvalue weighted by Crippen LogP contribution is -2.44. The van der Waals surface area contributed by atoms with Crippen molar-refractivity contribution < 1.29 is 9.53 Å². The van der Waals surface area contributed by atoms with Crippen LogP contribution < -0.4 is 15.4 Å². The van der Waals surface area contributed by atoms with E-state index in [2.05, 4.69) is 10.6 Å². The molecule has 20 heavy (non-hydrogen) atoms. The van der Waals surface area contributed by atoms with Gasteiger partial charge in [0.2, 0.25) is 0 Å². The smallest absolute Gasteiger partial charge is 0.263 e. The van der Waals surface area contributed by atoms with Gasteiger partial charge in [0.25, 0.3) is 5.91 Å². The Bertz CT molecular complexity index is 598. The molecule has 0 bridgehead atoms. The van der Waals surface area contributed by atoms with Gasteiger partial charge in [0.05, 0.1) is 12.2 Å². The molecular weight excluding hydrogens is 252 g/mol. The van der Waals surface area contributed by atoms with E-state index in [4.69, 9.17) is 4.74 Å². The van der Waals surface area contributed by atoms with Crippen LogP contribution in [0, 0.1) is 0 Å². The predicted molar refractivity (Wildman–Crippen MR) is 77.6 cm³/mol. The molecule has 2 N–H and O–H groups in total. The summed E-state index contributed by atoms with van der Waals surface area (Å²) in [5.41, 5.74) is 2.00. The largest absolute Gasteiger partial charge is 0.477 e. The molecule has 2 aromatic rings. The lowest BCUT2D eigenvalue weighted by molar-refractivity contribution is -0.127. The quantitative estimate of drug-likeness (QED) is 0.897. The molecule has 1 aliphatic rings. The molecule has 0 saturated heterocycles. The zero-order valence-electron chi connectivity index (χ0n) is 11.0. The van der Waals surface area contributed by atoms with Crippen molar-refractivity contribution in [3.63, 3.8) is 0 Å². The van der Waals surface area contributed by atoms with E-state index >= 15 is 0 Å². The van der Waals surface area contributed by atoms with E-state index in [0.29, 0.717) is 13.1 Å². The SMILES string of the molecule is O=C(NCc1ccccc1)C1CNc2ccccc2O1. The average Bonchev–Trinajstić information content (AvgIpc) is 2.53. The number of hydrogen-bond donors (Lipinski definition) is 2. The first-order valence-corrected chi connectivity index (χ1v) is 6.64.